The Morgan fingerprint density at radius 2 is 2.06 bits per heavy atom. The van der Waals surface area contributed by atoms with Crippen LogP contribution in [0, 0.1) is 6.92 Å². The summed E-state index contributed by atoms with van der Waals surface area (Å²) in [7, 11) is 2.07. The highest BCUT2D eigenvalue weighted by molar-refractivity contribution is 5.48. The molecule has 0 fully saturated rings. The minimum Gasteiger partial charge on any atom is -0.369 e. The molecule has 2 N–H and O–H groups in total. The summed E-state index contributed by atoms with van der Waals surface area (Å²) in [5.74, 6) is 0. The van der Waals surface area contributed by atoms with Crippen LogP contribution in [0.15, 0.2) is 42.6 Å². The molecule has 1 aromatic heterocycles. The highest BCUT2D eigenvalue weighted by Gasteiger charge is 2.05. The Balaban J connectivity index is 2.16. The highest BCUT2D eigenvalue weighted by atomic mass is 15.1. The monoisotopic (exact) mass is 241 g/mol. The lowest BCUT2D eigenvalue weighted by molar-refractivity contribution is 0.872. The Hall–Kier alpha value is -1.87. The molecule has 2 aromatic rings. The zero-order valence-electron chi connectivity index (χ0n) is 10.9. The first-order valence-electron chi connectivity index (χ1n) is 6.11. The van der Waals surface area contributed by atoms with Gasteiger partial charge in [0.15, 0.2) is 0 Å². The fourth-order valence-corrected chi connectivity index (χ4v) is 1.92. The number of hydrogen-bond donors (Lipinski definition) is 1. The van der Waals surface area contributed by atoms with E-state index in [9.17, 15) is 0 Å². The number of aromatic nitrogens is 1. The van der Waals surface area contributed by atoms with Crippen molar-refractivity contribution in [2.75, 3.05) is 11.9 Å². The lowest BCUT2D eigenvalue weighted by Crippen LogP contribution is -2.18. The Bertz CT molecular complexity index is 523. The van der Waals surface area contributed by atoms with Gasteiger partial charge < -0.3 is 10.6 Å². The van der Waals surface area contributed by atoms with Gasteiger partial charge in [0, 0.05) is 25.5 Å². The van der Waals surface area contributed by atoms with Crippen LogP contribution in [0.1, 0.15) is 16.8 Å². The van der Waals surface area contributed by atoms with Crippen LogP contribution in [0.4, 0.5) is 5.69 Å². The molecule has 1 aromatic carbocycles. The van der Waals surface area contributed by atoms with Gasteiger partial charge in [0.2, 0.25) is 0 Å². The molecule has 0 atom stereocenters. The Kier molecular flexibility index (Phi) is 3.95. The Morgan fingerprint density at radius 1 is 1.22 bits per heavy atom. The van der Waals surface area contributed by atoms with Gasteiger partial charge in [0.05, 0.1) is 12.2 Å². The summed E-state index contributed by atoms with van der Waals surface area (Å²) in [5, 5.41) is 0. The third kappa shape index (κ3) is 2.87. The minimum atomic E-state index is 0.574. The van der Waals surface area contributed by atoms with E-state index in [1.54, 1.807) is 0 Å². The topological polar surface area (TPSA) is 42.2 Å². The number of rotatable bonds is 4. The fraction of sp³-hybridized carbons (Fsp3) is 0.267. The number of hydrogen-bond acceptors (Lipinski definition) is 3. The maximum atomic E-state index is 5.66. The molecule has 0 amide bonds. The standard InChI is InChI=1S/C15H19N3/c1-12-5-4-8-17-15(12)11-18(2)14-7-3-6-13(9-14)10-16/h3-9H,10-11,16H2,1-2H3. The zero-order valence-corrected chi connectivity index (χ0v) is 10.9. The molecule has 0 aliphatic heterocycles. The van der Waals surface area contributed by atoms with Gasteiger partial charge >= 0.3 is 0 Å². The summed E-state index contributed by atoms with van der Waals surface area (Å²) in [6.07, 6.45) is 1.84. The summed E-state index contributed by atoms with van der Waals surface area (Å²) in [6, 6.07) is 12.4. The summed E-state index contributed by atoms with van der Waals surface area (Å²) < 4.78 is 0. The first kappa shape index (κ1) is 12.6. The first-order chi connectivity index (χ1) is 8.70. The summed E-state index contributed by atoms with van der Waals surface area (Å²) in [5.41, 5.74) is 10.3. The number of nitrogens with zero attached hydrogens (tertiary/aromatic N) is 2. The quantitative estimate of drug-likeness (QED) is 0.894. The molecule has 1 heterocycles. The molecule has 94 valence electrons. The fourth-order valence-electron chi connectivity index (χ4n) is 1.92. The van der Waals surface area contributed by atoms with Crippen molar-refractivity contribution in [2.45, 2.75) is 20.0 Å². The number of benzene rings is 1. The van der Waals surface area contributed by atoms with Gasteiger partial charge in [-0.25, -0.2) is 0 Å². The van der Waals surface area contributed by atoms with E-state index in [1.807, 2.05) is 24.4 Å². The van der Waals surface area contributed by atoms with Gasteiger partial charge in [0.1, 0.15) is 0 Å². The molecular formula is C15H19N3. The van der Waals surface area contributed by atoms with Crippen molar-refractivity contribution in [3.05, 3.63) is 59.4 Å². The van der Waals surface area contributed by atoms with Crippen molar-refractivity contribution in [1.29, 1.82) is 0 Å². The van der Waals surface area contributed by atoms with Gasteiger partial charge in [-0.3, -0.25) is 4.98 Å². The Labute approximate surface area is 108 Å². The molecule has 0 aliphatic carbocycles. The Morgan fingerprint density at radius 3 is 2.78 bits per heavy atom. The normalized spacial score (nSPS) is 10.4. The van der Waals surface area contributed by atoms with Crippen LogP contribution in [0.5, 0.6) is 0 Å². The molecule has 0 unspecified atom stereocenters. The maximum absolute atomic E-state index is 5.66. The molecular weight excluding hydrogens is 222 g/mol. The predicted octanol–water partition coefficient (Wildman–Crippen LogP) is 2.49. The maximum Gasteiger partial charge on any atom is 0.0625 e. The number of anilines is 1. The van der Waals surface area contributed by atoms with Crippen LogP contribution >= 0.6 is 0 Å². The van der Waals surface area contributed by atoms with E-state index < -0.39 is 0 Å². The molecule has 2 rings (SSSR count). The van der Waals surface area contributed by atoms with Crippen LogP contribution in [-0.2, 0) is 13.1 Å². The lowest BCUT2D eigenvalue weighted by Gasteiger charge is -2.20. The first-order valence-corrected chi connectivity index (χ1v) is 6.11. The third-order valence-electron chi connectivity index (χ3n) is 3.09. The van der Waals surface area contributed by atoms with E-state index in [4.69, 9.17) is 5.73 Å². The average Bonchev–Trinajstić information content (AvgIpc) is 2.41. The number of nitrogens with two attached hydrogens (primary N) is 1. The van der Waals surface area contributed by atoms with Crippen LogP contribution in [0.2, 0.25) is 0 Å². The number of aryl methyl sites for hydroxylation is 1. The molecule has 0 bridgehead atoms. The second-order valence-electron chi connectivity index (χ2n) is 4.50. The van der Waals surface area contributed by atoms with Crippen LogP contribution in [-0.4, -0.2) is 12.0 Å². The highest BCUT2D eigenvalue weighted by Crippen LogP contribution is 2.17. The van der Waals surface area contributed by atoms with E-state index in [0.29, 0.717) is 6.54 Å². The smallest absolute Gasteiger partial charge is 0.0625 e. The predicted molar refractivity (Wildman–Crippen MR) is 75.4 cm³/mol. The molecule has 3 nitrogen and oxygen atoms in total. The van der Waals surface area contributed by atoms with Crippen molar-refractivity contribution in [2.24, 2.45) is 5.73 Å². The average molecular weight is 241 g/mol. The van der Waals surface area contributed by atoms with Gasteiger partial charge in [0.25, 0.3) is 0 Å². The van der Waals surface area contributed by atoms with E-state index in [0.717, 1.165) is 17.8 Å². The van der Waals surface area contributed by atoms with Crippen molar-refractivity contribution in [3.8, 4) is 0 Å². The molecule has 0 saturated heterocycles. The number of pyridine rings is 1. The van der Waals surface area contributed by atoms with Crippen LogP contribution in [0.3, 0.4) is 0 Å². The SMILES string of the molecule is Cc1cccnc1CN(C)c1cccc(CN)c1. The second-order valence-corrected chi connectivity index (χ2v) is 4.50. The van der Waals surface area contributed by atoms with Crippen LogP contribution < -0.4 is 10.6 Å². The van der Waals surface area contributed by atoms with Crippen molar-refractivity contribution >= 4 is 5.69 Å². The summed E-state index contributed by atoms with van der Waals surface area (Å²) in [6.45, 7) is 3.47. The lowest BCUT2D eigenvalue weighted by atomic mass is 10.1. The molecule has 18 heavy (non-hydrogen) atoms. The van der Waals surface area contributed by atoms with Crippen molar-refractivity contribution in [1.82, 2.24) is 4.98 Å². The summed E-state index contributed by atoms with van der Waals surface area (Å²) >= 11 is 0. The third-order valence-corrected chi connectivity index (χ3v) is 3.09. The van der Waals surface area contributed by atoms with E-state index in [2.05, 4.69) is 42.1 Å². The van der Waals surface area contributed by atoms with E-state index >= 15 is 0 Å². The molecule has 3 heteroatoms. The van der Waals surface area contributed by atoms with Gasteiger partial charge in [-0.1, -0.05) is 18.2 Å². The molecule has 0 radical (unpaired) electrons. The van der Waals surface area contributed by atoms with E-state index in [-0.39, 0.29) is 0 Å². The van der Waals surface area contributed by atoms with Gasteiger partial charge in [-0.05, 0) is 36.2 Å². The largest absolute Gasteiger partial charge is 0.369 e. The molecule has 0 spiro atoms. The van der Waals surface area contributed by atoms with Gasteiger partial charge in [-0.15, -0.1) is 0 Å². The summed E-state index contributed by atoms with van der Waals surface area (Å²) in [4.78, 5) is 6.61. The van der Waals surface area contributed by atoms with Crippen LogP contribution in [0.25, 0.3) is 0 Å². The zero-order chi connectivity index (χ0) is 13.0. The van der Waals surface area contributed by atoms with Gasteiger partial charge in [-0.2, -0.15) is 0 Å². The van der Waals surface area contributed by atoms with Crippen molar-refractivity contribution < 1.29 is 0 Å². The second kappa shape index (κ2) is 5.65. The molecule has 0 aliphatic rings. The van der Waals surface area contributed by atoms with E-state index in [1.165, 1.54) is 11.3 Å². The van der Waals surface area contributed by atoms with Crippen molar-refractivity contribution in [3.63, 3.8) is 0 Å². The minimum absolute atomic E-state index is 0.574. The molecule has 0 saturated carbocycles.